The van der Waals surface area contributed by atoms with Gasteiger partial charge in [-0.25, -0.2) is 0 Å². The molecule has 0 aromatic carbocycles. The van der Waals surface area contributed by atoms with Crippen molar-refractivity contribution in [2.24, 2.45) is 0 Å². The minimum atomic E-state index is 0.0116. The summed E-state index contributed by atoms with van der Waals surface area (Å²) >= 11 is 0. The molecule has 0 spiro atoms. The number of carbonyl (C=O) groups excluding carboxylic acids is 2. The largest absolute Gasteiger partial charge is 0.394 e. The first-order valence-electron chi connectivity index (χ1n) is 14.7. The van der Waals surface area contributed by atoms with Crippen molar-refractivity contribution in [1.29, 1.82) is 0 Å². The number of allylic oxidation sites excluding steroid dienone is 4. The summed E-state index contributed by atoms with van der Waals surface area (Å²) in [7, 11) is 0. The molecule has 38 heavy (non-hydrogen) atoms. The predicted octanol–water partition coefficient (Wildman–Crippen LogP) is 4.59. The van der Waals surface area contributed by atoms with Crippen LogP contribution >= 0.6 is 0 Å². The number of carbonyl (C=O) groups is 2. The lowest BCUT2D eigenvalue weighted by atomic mass is 10.0. The number of hydrogen-bond donors (Lipinski definition) is 4. The molecule has 0 saturated carbocycles. The highest BCUT2D eigenvalue weighted by Crippen LogP contribution is 2.14. The van der Waals surface area contributed by atoms with E-state index < -0.39 is 0 Å². The number of aliphatic hydroxyl groups is 2. The second-order valence-corrected chi connectivity index (χ2v) is 9.88. The number of unbranched alkanes of at least 4 members (excludes halogenated alkanes) is 7. The van der Waals surface area contributed by atoms with Crippen LogP contribution in [0.4, 0.5) is 0 Å². The van der Waals surface area contributed by atoms with Crippen molar-refractivity contribution in [1.82, 2.24) is 10.6 Å². The van der Waals surface area contributed by atoms with E-state index in [4.69, 9.17) is 19.7 Å². The van der Waals surface area contributed by atoms with Crippen LogP contribution in [0.15, 0.2) is 23.3 Å². The normalized spacial score (nSPS) is 12.1. The third-order valence-corrected chi connectivity index (χ3v) is 6.21. The van der Waals surface area contributed by atoms with Crippen molar-refractivity contribution >= 4 is 11.8 Å². The third kappa shape index (κ3) is 27.3. The number of hydrogen-bond acceptors (Lipinski definition) is 6. The molecule has 0 bridgehead atoms. The number of rotatable bonds is 27. The number of ether oxygens (including phenoxy) is 2. The number of amides is 2. The zero-order chi connectivity index (χ0) is 28.1. The zero-order valence-electron chi connectivity index (χ0n) is 24.2. The van der Waals surface area contributed by atoms with Crippen molar-refractivity contribution in [2.75, 3.05) is 52.7 Å². The minimum absolute atomic E-state index is 0.0116. The highest BCUT2D eigenvalue weighted by atomic mass is 16.5. The summed E-state index contributed by atoms with van der Waals surface area (Å²) in [6, 6.07) is 0. The maximum atomic E-state index is 11.7. The van der Waals surface area contributed by atoms with Gasteiger partial charge in [0.15, 0.2) is 0 Å². The Morgan fingerprint density at radius 1 is 0.579 bits per heavy atom. The lowest BCUT2D eigenvalue weighted by molar-refractivity contribution is -0.122. The van der Waals surface area contributed by atoms with Crippen molar-refractivity contribution in [2.45, 2.75) is 104 Å². The summed E-state index contributed by atoms with van der Waals surface area (Å²) in [4.78, 5) is 23.5. The van der Waals surface area contributed by atoms with Gasteiger partial charge in [-0.1, -0.05) is 49.0 Å². The lowest BCUT2D eigenvalue weighted by Gasteiger charge is -2.06. The fourth-order valence-corrected chi connectivity index (χ4v) is 3.98. The summed E-state index contributed by atoms with van der Waals surface area (Å²) in [6.45, 7) is 6.99. The third-order valence-electron chi connectivity index (χ3n) is 6.21. The van der Waals surface area contributed by atoms with Gasteiger partial charge in [0.25, 0.3) is 0 Å². The molecule has 0 aliphatic rings. The molecule has 0 rings (SSSR count). The van der Waals surface area contributed by atoms with E-state index in [-0.39, 0.29) is 25.0 Å². The van der Waals surface area contributed by atoms with Crippen LogP contribution in [-0.4, -0.2) is 74.8 Å². The van der Waals surface area contributed by atoms with Gasteiger partial charge in [0.1, 0.15) is 0 Å². The average molecular weight is 541 g/mol. The van der Waals surface area contributed by atoms with E-state index >= 15 is 0 Å². The summed E-state index contributed by atoms with van der Waals surface area (Å²) in [6.07, 6.45) is 19.0. The summed E-state index contributed by atoms with van der Waals surface area (Å²) < 4.78 is 10.2. The Morgan fingerprint density at radius 3 is 1.32 bits per heavy atom. The molecule has 0 heterocycles. The maximum absolute atomic E-state index is 11.7. The van der Waals surface area contributed by atoms with Gasteiger partial charge >= 0.3 is 0 Å². The molecule has 0 radical (unpaired) electrons. The molecule has 4 N–H and O–H groups in total. The Kier molecular flexibility index (Phi) is 27.0. The molecule has 8 nitrogen and oxygen atoms in total. The van der Waals surface area contributed by atoms with Gasteiger partial charge < -0.3 is 30.3 Å². The molecule has 0 atom stereocenters. The first kappa shape index (κ1) is 36.3. The summed E-state index contributed by atoms with van der Waals surface area (Å²) in [5.41, 5.74) is 2.91. The van der Waals surface area contributed by atoms with E-state index in [0.29, 0.717) is 52.4 Å². The van der Waals surface area contributed by atoms with E-state index in [9.17, 15) is 9.59 Å². The molecule has 0 aliphatic carbocycles. The first-order valence-corrected chi connectivity index (χ1v) is 14.7. The molecule has 0 saturated heterocycles. The van der Waals surface area contributed by atoms with E-state index in [1.807, 2.05) is 0 Å². The lowest BCUT2D eigenvalue weighted by Crippen LogP contribution is -2.27. The van der Waals surface area contributed by atoms with Gasteiger partial charge in [-0.3, -0.25) is 9.59 Å². The highest BCUT2D eigenvalue weighted by Gasteiger charge is 2.02. The molecule has 8 heteroatoms. The number of nitrogens with one attached hydrogen (secondary N) is 2. The van der Waals surface area contributed by atoms with Gasteiger partial charge in [0.2, 0.25) is 11.8 Å². The van der Waals surface area contributed by atoms with Gasteiger partial charge in [0, 0.05) is 25.9 Å². The molecule has 0 aromatic heterocycles. The topological polar surface area (TPSA) is 117 Å². The highest BCUT2D eigenvalue weighted by molar-refractivity contribution is 5.76. The van der Waals surface area contributed by atoms with Crippen molar-refractivity contribution in [3.05, 3.63) is 23.3 Å². The second-order valence-electron chi connectivity index (χ2n) is 9.88. The van der Waals surface area contributed by atoms with Crippen molar-refractivity contribution < 1.29 is 29.3 Å². The molecule has 0 aromatic rings. The summed E-state index contributed by atoms with van der Waals surface area (Å²) in [5.74, 6) is 0.158. The molecule has 0 unspecified atom stereocenters. The smallest absolute Gasteiger partial charge is 0.220 e. The molecular formula is C30H56N2O6. The molecule has 2 amide bonds. The zero-order valence-corrected chi connectivity index (χ0v) is 24.2. The molecule has 0 fully saturated rings. The van der Waals surface area contributed by atoms with Gasteiger partial charge in [-0.05, 0) is 65.2 Å². The van der Waals surface area contributed by atoms with Crippen LogP contribution in [0.1, 0.15) is 104 Å². The first-order chi connectivity index (χ1) is 18.5. The van der Waals surface area contributed by atoms with Gasteiger partial charge in [-0.15, -0.1) is 0 Å². The Labute approximate surface area is 231 Å². The van der Waals surface area contributed by atoms with Crippen LogP contribution < -0.4 is 10.6 Å². The second kappa shape index (κ2) is 28.3. The molecule has 222 valence electrons. The Bertz CT molecular complexity index is 582. The number of aliphatic hydroxyl groups excluding tert-OH is 2. The average Bonchev–Trinajstić information content (AvgIpc) is 2.90. The van der Waals surface area contributed by atoms with Crippen LogP contribution in [0, 0.1) is 0 Å². The quantitative estimate of drug-likeness (QED) is 0.0894. The Hall–Kier alpha value is -1.74. The molecular weight excluding hydrogens is 484 g/mol. The van der Waals surface area contributed by atoms with Crippen LogP contribution in [0.2, 0.25) is 0 Å². The van der Waals surface area contributed by atoms with Crippen molar-refractivity contribution in [3.63, 3.8) is 0 Å². The molecule has 0 aliphatic heterocycles. The fourth-order valence-electron chi connectivity index (χ4n) is 3.98. The standard InChI is InChI=1S/C30H56N2O6/c1-27(13-7-3-5-9-17-29(35)31-19-23-37-25-21-33)15-11-12-16-28(2)14-8-4-6-10-18-30(36)32-20-24-38-26-22-34/h15-16,33-34H,3-14,17-26H2,1-2H3,(H,31,35)(H,32,36)/b27-15-,28-16-. The van der Waals surface area contributed by atoms with Gasteiger partial charge in [0.05, 0.1) is 39.6 Å². The Morgan fingerprint density at radius 2 is 0.947 bits per heavy atom. The van der Waals surface area contributed by atoms with Crippen LogP contribution in [0.3, 0.4) is 0 Å². The SMILES string of the molecule is C/C(=C/CC/C=C(/C)CCCCCCC(=O)NCCOCCO)CCCCCCC(=O)NCCOCCO. The van der Waals surface area contributed by atoms with E-state index in [1.54, 1.807) is 0 Å². The van der Waals surface area contributed by atoms with Crippen LogP contribution in [-0.2, 0) is 19.1 Å². The van der Waals surface area contributed by atoms with E-state index in [2.05, 4.69) is 36.6 Å². The van der Waals surface area contributed by atoms with Crippen LogP contribution in [0.25, 0.3) is 0 Å². The maximum Gasteiger partial charge on any atom is 0.220 e. The predicted molar refractivity (Wildman–Crippen MR) is 154 cm³/mol. The van der Waals surface area contributed by atoms with E-state index in [1.165, 1.54) is 24.0 Å². The fraction of sp³-hybridized carbons (Fsp3) is 0.800. The van der Waals surface area contributed by atoms with Crippen molar-refractivity contribution in [3.8, 4) is 0 Å². The Balaban J connectivity index is 3.60. The minimum Gasteiger partial charge on any atom is -0.394 e. The van der Waals surface area contributed by atoms with Crippen LogP contribution in [0.5, 0.6) is 0 Å². The van der Waals surface area contributed by atoms with E-state index in [0.717, 1.165) is 64.2 Å². The monoisotopic (exact) mass is 540 g/mol. The summed E-state index contributed by atoms with van der Waals surface area (Å²) in [5, 5.41) is 22.9. The van der Waals surface area contributed by atoms with Gasteiger partial charge in [-0.2, -0.15) is 0 Å².